The number of hydrogen-bond donors (Lipinski definition) is 1. The molecule has 0 aromatic carbocycles. The van der Waals surface area contributed by atoms with Crippen molar-refractivity contribution in [3.8, 4) is 0 Å². The predicted octanol–water partition coefficient (Wildman–Crippen LogP) is 2.45. The first-order valence-corrected chi connectivity index (χ1v) is 10.9. The highest BCUT2D eigenvalue weighted by molar-refractivity contribution is 5.93. The Bertz CT molecular complexity index is 790. The Morgan fingerprint density at radius 1 is 1.38 bits per heavy atom. The summed E-state index contributed by atoms with van der Waals surface area (Å²) in [7, 11) is 1.55. The van der Waals surface area contributed by atoms with Crippen LogP contribution < -0.4 is 0 Å². The van der Waals surface area contributed by atoms with Crippen LogP contribution in [0.1, 0.15) is 52.9 Å². The molecule has 7 heteroatoms. The molecular weight excluding hydrogens is 374 g/mol. The molecule has 7 atom stereocenters. The minimum absolute atomic E-state index is 0.0296. The molecule has 5 rings (SSSR count). The van der Waals surface area contributed by atoms with E-state index in [1.807, 2.05) is 6.92 Å². The van der Waals surface area contributed by atoms with Crippen molar-refractivity contribution in [2.24, 2.45) is 11.8 Å². The van der Waals surface area contributed by atoms with Crippen molar-refractivity contribution in [1.29, 1.82) is 0 Å². The molecule has 29 heavy (non-hydrogen) atoms. The number of cyclic esters (lactones) is 1. The highest BCUT2D eigenvalue weighted by Crippen LogP contribution is 2.59. The molecular formula is C22H31NO6. The van der Waals surface area contributed by atoms with Crippen LogP contribution in [-0.2, 0) is 23.7 Å². The fourth-order valence-electron chi connectivity index (χ4n) is 6.40. The van der Waals surface area contributed by atoms with Crippen molar-refractivity contribution in [3.63, 3.8) is 0 Å². The third kappa shape index (κ3) is 2.56. The van der Waals surface area contributed by atoms with Crippen LogP contribution in [0.4, 0.5) is 0 Å². The Labute approximate surface area is 171 Å². The molecule has 4 fully saturated rings. The van der Waals surface area contributed by atoms with Gasteiger partial charge in [0.25, 0.3) is 0 Å². The second kappa shape index (κ2) is 6.72. The van der Waals surface area contributed by atoms with Crippen molar-refractivity contribution in [1.82, 2.24) is 4.90 Å². The van der Waals surface area contributed by atoms with Gasteiger partial charge in [-0.3, -0.25) is 4.90 Å². The van der Waals surface area contributed by atoms with Gasteiger partial charge in [-0.1, -0.05) is 13.8 Å². The molecule has 2 bridgehead atoms. The molecule has 0 amide bonds. The lowest BCUT2D eigenvalue weighted by atomic mass is 9.77. The molecule has 5 aliphatic rings. The SMILES string of the molecule is CC[C@@H](O)[C@H]1CC[C@H]2O[C@@]34CCCN1[C@@H]2[C@H]3[C@H](C)/C(=C1/OC(=O)C(C)=C1OC)O4. The number of hydrogen-bond acceptors (Lipinski definition) is 7. The van der Waals surface area contributed by atoms with Gasteiger partial charge in [0.1, 0.15) is 5.76 Å². The van der Waals surface area contributed by atoms with Crippen molar-refractivity contribution in [2.45, 2.75) is 83.0 Å². The fourth-order valence-corrected chi connectivity index (χ4v) is 6.40. The van der Waals surface area contributed by atoms with Gasteiger partial charge in [0.2, 0.25) is 11.5 Å². The Kier molecular flexibility index (Phi) is 4.50. The summed E-state index contributed by atoms with van der Waals surface area (Å²) in [5, 5.41) is 10.7. The van der Waals surface area contributed by atoms with Gasteiger partial charge in [0.15, 0.2) is 5.76 Å². The van der Waals surface area contributed by atoms with E-state index in [1.54, 1.807) is 14.0 Å². The first-order chi connectivity index (χ1) is 13.9. The second-order valence-corrected chi connectivity index (χ2v) is 9.08. The number of carbonyl (C=O) groups is 1. The van der Waals surface area contributed by atoms with Gasteiger partial charge in [-0.05, 0) is 39.2 Å². The molecule has 7 nitrogen and oxygen atoms in total. The number of nitrogens with zero attached hydrogens (tertiary/aromatic N) is 1. The fraction of sp³-hybridized carbons (Fsp3) is 0.773. The number of aliphatic hydroxyl groups is 1. The summed E-state index contributed by atoms with van der Waals surface area (Å²) in [6, 6.07) is 0.377. The number of aliphatic hydroxyl groups excluding tert-OH is 1. The number of rotatable bonds is 3. The summed E-state index contributed by atoms with van der Waals surface area (Å²) in [6.07, 6.45) is 4.22. The molecule has 0 radical (unpaired) electrons. The maximum atomic E-state index is 12.1. The highest BCUT2D eigenvalue weighted by Gasteiger charge is 2.68. The average Bonchev–Trinajstić information content (AvgIpc) is 3.23. The first kappa shape index (κ1) is 19.4. The van der Waals surface area contributed by atoms with E-state index < -0.39 is 5.79 Å². The standard InChI is InChI=1S/C22H31NO6/c1-5-14(24)13-7-8-15-17-16-11(2)19(20-18(26-4)12(3)21(25)27-20)29-22(16,28-15)9-6-10-23(13)17/h11,13-17,24H,5-10H2,1-4H3/b20-19-/t11-,13+,14+,15+,16+,17-,22+/m0/s1. The second-order valence-electron chi connectivity index (χ2n) is 9.08. The molecule has 0 saturated carbocycles. The summed E-state index contributed by atoms with van der Waals surface area (Å²) in [6.45, 7) is 6.85. The van der Waals surface area contributed by atoms with E-state index in [9.17, 15) is 9.90 Å². The maximum absolute atomic E-state index is 12.1. The van der Waals surface area contributed by atoms with Gasteiger partial charge in [-0.2, -0.15) is 0 Å². The van der Waals surface area contributed by atoms with Crippen molar-refractivity contribution >= 4 is 5.97 Å². The van der Waals surface area contributed by atoms with Gasteiger partial charge in [0, 0.05) is 24.4 Å². The maximum Gasteiger partial charge on any atom is 0.343 e. The van der Waals surface area contributed by atoms with E-state index in [0.29, 0.717) is 22.9 Å². The quantitative estimate of drug-likeness (QED) is 0.723. The zero-order valence-corrected chi connectivity index (χ0v) is 17.6. The third-order valence-corrected chi connectivity index (χ3v) is 7.68. The van der Waals surface area contributed by atoms with Crippen LogP contribution in [-0.4, -0.2) is 59.7 Å². The van der Waals surface area contributed by atoms with Crippen LogP contribution in [0.2, 0.25) is 0 Å². The molecule has 0 aromatic rings. The van der Waals surface area contributed by atoms with Gasteiger partial charge in [-0.15, -0.1) is 0 Å². The Morgan fingerprint density at radius 3 is 2.90 bits per heavy atom. The number of ether oxygens (including phenoxy) is 4. The normalized spacial score (nSPS) is 45.0. The third-order valence-electron chi connectivity index (χ3n) is 7.68. The topological polar surface area (TPSA) is 77.5 Å². The number of carbonyl (C=O) groups excluding carboxylic acids is 1. The summed E-state index contributed by atoms with van der Waals surface area (Å²) < 4.78 is 24.2. The largest absolute Gasteiger partial charge is 0.492 e. The van der Waals surface area contributed by atoms with Gasteiger partial charge in [-0.25, -0.2) is 4.79 Å². The highest BCUT2D eigenvalue weighted by atomic mass is 16.7. The minimum atomic E-state index is -0.681. The van der Waals surface area contributed by atoms with Crippen LogP contribution >= 0.6 is 0 Å². The smallest absolute Gasteiger partial charge is 0.343 e. The Balaban J connectivity index is 1.55. The van der Waals surface area contributed by atoms with Crippen molar-refractivity contribution in [3.05, 3.63) is 22.9 Å². The predicted molar refractivity (Wildman–Crippen MR) is 103 cm³/mol. The number of allylic oxidation sites excluding steroid dienone is 1. The van der Waals surface area contributed by atoms with Crippen LogP contribution in [0, 0.1) is 11.8 Å². The average molecular weight is 405 g/mol. The van der Waals surface area contributed by atoms with E-state index >= 15 is 0 Å². The zero-order chi connectivity index (χ0) is 20.5. The Morgan fingerprint density at radius 2 is 2.17 bits per heavy atom. The van der Waals surface area contributed by atoms with E-state index in [0.717, 1.165) is 38.6 Å². The lowest BCUT2D eigenvalue weighted by Gasteiger charge is -2.46. The van der Waals surface area contributed by atoms with Gasteiger partial charge < -0.3 is 24.1 Å². The van der Waals surface area contributed by atoms with E-state index in [1.165, 1.54) is 0 Å². The summed E-state index contributed by atoms with van der Waals surface area (Å²) in [4.78, 5) is 14.6. The van der Waals surface area contributed by atoms with Crippen molar-refractivity contribution < 1.29 is 28.8 Å². The lowest BCUT2D eigenvalue weighted by molar-refractivity contribution is -0.213. The minimum Gasteiger partial charge on any atom is -0.492 e. The summed E-state index contributed by atoms with van der Waals surface area (Å²) in [5.41, 5.74) is 0.466. The molecule has 0 aromatic heterocycles. The molecule has 0 spiro atoms. The van der Waals surface area contributed by atoms with E-state index in [2.05, 4.69) is 11.8 Å². The molecule has 160 valence electrons. The van der Waals surface area contributed by atoms with Gasteiger partial charge >= 0.3 is 5.97 Å². The number of esters is 1. The first-order valence-electron chi connectivity index (χ1n) is 10.9. The van der Waals surface area contributed by atoms with E-state index in [-0.39, 0.29) is 42.1 Å². The van der Waals surface area contributed by atoms with E-state index in [4.69, 9.17) is 18.9 Å². The van der Waals surface area contributed by atoms with Crippen LogP contribution in [0.3, 0.4) is 0 Å². The molecule has 4 saturated heterocycles. The number of piperidine rings is 1. The Hall–Kier alpha value is -1.57. The summed E-state index contributed by atoms with van der Waals surface area (Å²) in [5.74, 6) is 0.631. The lowest BCUT2D eigenvalue weighted by Crippen LogP contribution is -2.58. The van der Waals surface area contributed by atoms with Crippen LogP contribution in [0.25, 0.3) is 0 Å². The van der Waals surface area contributed by atoms with Crippen LogP contribution in [0.15, 0.2) is 22.9 Å². The summed E-state index contributed by atoms with van der Waals surface area (Å²) >= 11 is 0. The monoisotopic (exact) mass is 405 g/mol. The van der Waals surface area contributed by atoms with Crippen LogP contribution in [0.5, 0.6) is 0 Å². The molecule has 5 heterocycles. The molecule has 1 N–H and O–H groups in total. The number of methoxy groups -OCH3 is 1. The van der Waals surface area contributed by atoms with Gasteiger partial charge in [0.05, 0.1) is 30.8 Å². The van der Waals surface area contributed by atoms with Crippen molar-refractivity contribution in [2.75, 3.05) is 13.7 Å². The molecule has 5 aliphatic heterocycles. The molecule has 0 aliphatic carbocycles. The molecule has 0 unspecified atom stereocenters. The zero-order valence-electron chi connectivity index (χ0n) is 17.6.